The zero-order valence-electron chi connectivity index (χ0n) is 9.21. The topological polar surface area (TPSA) is 43.6 Å². The van der Waals surface area contributed by atoms with E-state index in [-0.39, 0.29) is 5.97 Å². The SMILES string of the molecule is CCOC(=O)C1=Cc2cnc3cccc(n23)S1. The number of carbonyl (C=O) groups excluding carboxylic acids is 1. The number of esters is 1. The number of pyridine rings is 1. The normalized spacial score (nSPS) is 13.6. The van der Waals surface area contributed by atoms with Gasteiger partial charge in [-0.15, -0.1) is 0 Å². The van der Waals surface area contributed by atoms with Gasteiger partial charge in [-0.2, -0.15) is 0 Å². The molecule has 0 atom stereocenters. The van der Waals surface area contributed by atoms with Crippen molar-refractivity contribution in [1.29, 1.82) is 0 Å². The van der Waals surface area contributed by atoms with E-state index in [1.807, 2.05) is 28.7 Å². The van der Waals surface area contributed by atoms with Gasteiger partial charge in [0.05, 0.1) is 23.5 Å². The van der Waals surface area contributed by atoms with E-state index in [1.165, 1.54) is 11.8 Å². The number of imidazole rings is 1. The molecule has 0 unspecified atom stereocenters. The molecular formula is C12H10N2O2S. The van der Waals surface area contributed by atoms with Gasteiger partial charge in [0, 0.05) is 0 Å². The van der Waals surface area contributed by atoms with Crippen molar-refractivity contribution in [2.24, 2.45) is 0 Å². The van der Waals surface area contributed by atoms with Crippen molar-refractivity contribution in [2.45, 2.75) is 11.9 Å². The summed E-state index contributed by atoms with van der Waals surface area (Å²) < 4.78 is 7.03. The van der Waals surface area contributed by atoms with E-state index < -0.39 is 0 Å². The third kappa shape index (κ3) is 1.63. The van der Waals surface area contributed by atoms with E-state index in [0.29, 0.717) is 11.5 Å². The third-order valence-electron chi connectivity index (χ3n) is 2.49. The molecule has 0 saturated heterocycles. The second-order valence-electron chi connectivity index (χ2n) is 3.57. The molecule has 0 spiro atoms. The van der Waals surface area contributed by atoms with Crippen LogP contribution >= 0.6 is 11.8 Å². The minimum Gasteiger partial charge on any atom is -0.462 e. The largest absolute Gasteiger partial charge is 0.462 e. The molecule has 4 nitrogen and oxygen atoms in total. The first-order chi connectivity index (χ1) is 8.29. The molecule has 86 valence electrons. The first-order valence-corrected chi connectivity index (χ1v) is 6.14. The Morgan fingerprint density at radius 2 is 2.41 bits per heavy atom. The summed E-state index contributed by atoms with van der Waals surface area (Å²) in [5, 5.41) is 0.987. The van der Waals surface area contributed by atoms with E-state index in [1.54, 1.807) is 13.1 Å². The molecule has 1 aliphatic rings. The first kappa shape index (κ1) is 10.4. The molecule has 2 aromatic rings. The molecule has 0 saturated carbocycles. The number of aromatic nitrogens is 2. The molecule has 3 heterocycles. The lowest BCUT2D eigenvalue weighted by Gasteiger charge is -2.13. The zero-order valence-corrected chi connectivity index (χ0v) is 10.0. The minimum absolute atomic E-state index is 0.276. The number of thioether (sulfide) groups is 1. The molecule has 0 fully saturated rings. The van der Waals surface area contributed by atoms with Crippen molar-refractivity contribution < 1.29 is 9.53 Å². The van der Waals surface area contributed by atoms with Crippen LogP contribution in [0.25, 0.3) is 11.7 Å². The highest BCUT2D eigenvalue weighted by molar-refractivity contribution is 8.04. The predicted octanol–water partition coefficient (Wildman–Crippen LogP) is 2.34. The van der Waals surface area contributed by atoms with Gasteiger partial charge < -0.3 is 4.74 Å². The highest BCUT2D eigenvalue weighted by Crippen LogP contribution is 2.34. The molecule has 3 rings (SSSR count). The Bertz CT molecular complexity index is 630. The summed E-state index contributed by atoms with van der Waals surface area (Å²) in [6.07, 6.45) is 3.58. The standard InChI is InChI=1S/C12H10N2O2S/c1-2-16-12(15)9-6-8-7-13-10-4-3-5-11(17-9)14(8)10/h3-7H,2H2,1H3. The van der Waals surface area contributed by atoms with Crippen LogP contribution in [0.1, 0.15) is 12.6 Å². The van der Waals surface area contributed by atoms with Crippen LogP contribution in [0, 0.1) is 0 Å². The monoisotopic (exact) mass is 246 g/mol. The lowest BCUT2D eigenvalue weighted by Crippen LogP contribution is -2.08. The maximum absolute atomic E-state index is 11.7. The van der Waals surface area contributed by atoms with Crippen molar-refractivity contribution in [1.82, 2.24) is 9.38 Å². The smallest absolute Gasteiger partial charge is 0.345 e. The molecule has 0 radical (unpaired) electrons. The van der Waals surface area contributed by atoms with Gasteiger partial charge in [-0.3, -0.25) is 4.40 Å². The highest BCUT2D eigenvalue weighted by Gasteiger charge is 2.20. The Hall–Kier alpha value is -1.75. The molecule has 1 aliphatic heterocycles. The molecule has 17 heavy (non-hydrogen) atoms. The van der Waals surface area contributed by atoms with E-state index in [2.05, 4.69) is 4.98 Å². The van der Waals surface area contributed by atoms with Gasteiger partial charge in [0.2, 0.25) is 0 Å². The van der Waals surface area contributed by atoms with Crippen molar-refractivity contribution in [3.8, 4) is 0 Å². The lowest BCUT2D eigenvalue weighted by atomic mass is 10.4. The van der Waals surface area contributed by atoms with E-state index in [0.717, 1.165) is 16.4 Å². The van der Waals surface area contributed by atoms with Gasteiger partial charge in [-0.1, -0.05) is 17.8 Å². The van der Waals surface area contributed by atoms with Crippen LogP contribution in [0.3, 0.4) is 0 Å². The van der Waals surface area contributed by atoms with Crippen LogP contribution in [0.2, 0.25) is 0 Å². The van der Waals surface area contributed by atoms with Gasteiger partial charge in [0.1, 0.15) is 10.6 Å². The first-order valence-electron chi connectivity index (χ1n) is 5.32. The summed E-state index contributed by atoms with van der Waals surface area (Å²) in [5.41, 5.74) is 1.81. The molecule has 5 heteroatoms. The Kier molecular flexibility index (Phi) is 2.40. The average Bonchev–Trinajstić information content (AvgIpc) is 2.75. The Balaban J connectivity index is 2.10. The van der Waals surface area contributed by atoms with Crippen molar-refractivity contribution in [2.75, 3.05) is 6.61 Å². The predicted molar refractivity (Wildman–Crippen MR) is 65.7 cm³/mol. The molecule has 0 aliphatic carbocycles. The quantitative estimate of drug-likeness (QED) is 0.763. The van der Waals surface area contributed by atoms with Gasteiger partial charge in [0.25, 0.3) is 0 Å². The van der Waals surface area contributed by atoms with Crippen LogP contribution in [0.4, 0.5) is 0 Å². The Labute approximate surface area is 102 Å². The Morgan fingerprint density at radius 1 is 1.53 bits per heavy atom. The molecule has 0 bridgehead atoms. The van der Waals surface area contributed by atoms with Crippen LogP contribution in [-0.2, 0) is 9.53 Å². The number of hydrogen-bond donors (Lipinski definition) is 0. The third-order valence-corrected chi connectivity index (χ3v) is 3.52. The van der Waals surface area contributed by atoms with E-state index >= 15 is 0 Å². The Morgan fingerprint density at radius 3 is 3.24 bits per heavy atom. The number of carbonyl (C=O) groups is 1. The summed E-state index contributed by atoms with van der Waals surface area (Å²) in [4.78, 5) is 16.6. The highest BCUT2D eigenvalue weighted by atomic mass is 32.2. The van der Waals surface area contributed by atoms with Gasteiger partial charge in [0.15, 0.2) is 0 Å². The fourth-order valence-corrected chi connectivity index (χ4v) is 2.77. The molecule has 0 amide bonds. The van der Waals surface area contributed by atoms with E-state index in [9.17, 15) is 4.79 Å². The van der Waals surface area contributed by atoms with Crippen LogP contribution < -0.4 is 0 Å². The maximum Gasteiger partial charge on any atom is 0.345 e. The second kappa shape index (κ2) is 3.92. The molecule has 2 aromatic heterocycles. The second-order valence-corrected chi connectivity index (χ2v) is 4.63. The van der Waals surface area contributed by atoms with Crippen LogP contribution in [-0.4, -0.2) is 22.0 Å². The van der Waals surface area contributed by atoms with Gasteiger partial charge in [-0.05, 0) is 25.1 Å². The number of rotatable bonds is 2. The molecular weight excluding hydrogens is 236 g/mol. The summed E-state index contributed by atoms with van der Waals surface area (Å²) in [5.74, 6) is -0.276. The summed E-state index contributed by atoms with van der Waals surface area (Å²) in [7, 11) is 0. The summed E-state index contributed by atoms with van der Waals surface area (Å²) >= 11 is 1.41. The van der Waals surface area contributed by atoms with Crippen molar-refractivity contribution in [3.05, 3.63) is 35.0 Å². The van der Waals surface area contributed by atoms with Crippen molar-refractivity contribution in [3.63, 3.8) is 0 Å². The van der Waals surface area contributed by atoms with Gasteiger partial charge >= 0.3 is 5.97 Å². The average molecular weight is 246 g/mol. The van der Waals surface area contributed by atoms with E-state index in [4.69, 9.17) is 4.74 Å². The fraction of sp³-hybridized carbons (Fsp3) is 0.167. The number of nitrogens with zero attached hydrogens (tertiary/aromatic N) is 2. The number of hydrogen-bond acceptors (Lipinski definition) is 4. The summed E-state index contributed by atoms with van der Waals surface area (Å²) in [6.45, 7) is 2.19. The number of ether oxygens (including phenoxy) is 1. The molecule has 0 N–H and O–H groups in total. The summed E-state index contributed by atoms with van der Waals surface area (Å²) in [6, 6.07) is 5.84. The van der Waals surface area contributed by atoms with Gasteiger partial charge in [-0.25, -0.2) is 9.78 Å². The maximum atomic E-state index is 11.7. The lowest BCUT2D eigenvalue weighted by molar-refractivity contribution is -0.137. The molecule has 0 aromatic carbocycles. The minimum atomic E-state index is -0.276. The zero-order chi connectivity index (χ0) is 11.8. The van der Waals surface area contributed by atoms with Crippen molar-refractivity contribution >= 4 is 29.5 Å². The van der Waals surface area contributed by atoms with Crippen LogP contribution in [0.5, 0.6) is 0 Å². The van der Waals surface area contributed by atoms with Crippen LogP contribution in [0.15, 0.2) is 34.3 Å². The fourth-order valence-electron chi connectivity index (χ4n) is 1.79.